The monoisotopic (exact) mass is 279 g/mol. The van der Waals surface area contributed by atoms with Crippen molar-refractivity contribution >= 4 is 22.4 Å². The van der Waals surface area contributed by atoms with Crippen molar-refractivity contribution in [3.8, 4) is 6.01 Å². The Balaban J connectivity index is 1.82. The molecule has 1 aromatic heterocycles. The molecule has 0 unspecified atom stereocenters. The molecule has 0 radical (unpaired) electrons. The predicted molar refractivity (Wildman–Crippen MR) is 80.5 cm³/mol. The first-order chi connectivity index (χ1) is 10.3. The number of anilines is 1. The minimum atomic E-state index is -0.200. The molecule has 0 saturated heterocycles. The van der Waals surface area contributed by atoms with E-state index in [-0.39, 0.29) is 11.9 Å². The smallest absolute Gasteiger partial charge is 0.316 e. The number of aromatic nitrogens is 2. The molecule has 2 aromatic carbocycles. The van der Waals surface area contributed by atoms with Crippen LogP contribution in [0.25, 0.3) is 10.8 Å². The third-order valence-corrected chi connectivity index (χ3v) is 3.08. The maximum absolute atomic E-state index is 12.2. The van der Waals surface area contributed by atoms with E-state index in [0.29, 0.717) is 11.3 Å². The summed E-state index contributed by atoms with van der Waals surface area (Å²) in [5.41, 5.74) is 1.11. The number of methoxy groups -OCH3 is 1. The van der Waals surface area contributed by atoms with Gasteiger partial charge in [0.1, 0.15) is 0 Å². The van der Waals surface area contributed by atoms with Crippen molar-refractivity contribution in [3.63, 3.8) is 0 Å². The second-order valence-electron chi connectivity index (χ2n) is 4.47. The number of amides is 1. The van der Waals surface area contributed by atoms with Gasteiger partial charge in [-0.1, -0.05) is 30.3 Å². The molecule has 0 aliphatic heterocycles. The third kappa shape index (κ3) is 2.81. The topological polar surface area (TPSA) is 64.1 Å². The van der Waals surface area contributed by atoms with Crippen LogP contribution in [-0.4, -0.2) is 23.0 Å². The largest absolute Gasteiger partial charge is 0.467 e. The van der Waals surface area contributed by atoms with Gasteiger partial charge >= 0.3 is 6.01 Å². The van der Waals surface area contributed by atoms with Gasteiger partial charge in [0.2, 0.25) is 0 Å². The standard InChI is InChI=1S/C16H13N3O2/c1-21-16-17-9-14(10-18-16)19-15(20)13-7-6-11-4-2-3-5-12(11)8-13/h2-10H,1H3,(H,19,20). The number of rotatable bonds is 3. The van der Waals surface area contributed by atoms with Crippen LogP contribution >= 0.6 is 0 Å². The summed E-state index contributed by atoms with van der Waals surface area (Å²) in [7, 11) is 1.49. The predicted octanol–water partition coefficient (Wildman–Crippen LogP) is 2.89. The Hall–Kier alpha value is -2.95. The van der Waals surface area contributed by atoms with Crippen molar-refractivity contribution in [1.82, 2.24) is 9.97 Å². The number of hydrogen-bond donors (Lipinski definition) is 1. The van der Waals surface area contributed by atoms with Crippen molar-refractivity contribution in [2.45, 2.75) is 0 Å². The zero-order chi connectivity index (χ0) is 14.7. The fourth-order valence-electron chi connectivity index (χ4n) is 2.02. The zero-order valence-electron chi connectivity index (χ0n) is 11.4. The molecule has 3 aromatic rings. The van der Waals surface area contributed by atoms with Crippen molar-refractivity contribution in [3.05, 3.63) is 60.4 Å². The summed E-state index contributed by atoms with van der Waals surface area (Å²) in [5.74, 6) is -0.200. The lowest BCUT2D eigenvalue weighted by Crippen LogP contribution is -2.12. The minimum absolute atomic E-state index is 0.200. The third-order valence-electron chi connectivity index (χ3n) is 3.08. The summed E-state index contributed by atoms with van der Waals surface area (Å²) in [5, 5.41) is 4.88. The second kappa shape index (κ2) is 5.58. The Labute approximate surface area is 121 Å². The molecule has 0 bridgehead atoms. The van der Waals surface area contributed by atoms with Crippen LogP contribution in [0.3, 0.4) is 0 Å². The van der Waals surface area contributed by atoms with Crippen molar-refractivity contribution in [1.29, 1.82) is 0 Å². The summed E-state index contributed by atoms with van der Waals surface area (Å²) in [6.45, 7) is 0. The maximum Gasteiger partial charge on any atom is 0.316 e. The molecule has 0 aliphatic rings. The molecule has 3 rings (SSSR count). The van der Waals surface area contributed by atoms with E-state index >= 15 is 0 Å². The van der Waals surface area contributed by atoms with E-state index in [4.69, 9.17) is 4.74 Å². The summed E-state index contributed by atoms with van der Waals surface area (Å²) >= 11 is 0. The Kier molecular flexibility index (Phi) is 3.47. The van der Waals surface area contributed by atoms with Crippen LogP contribution in [0, 0.1) is 0 Å². The summed E-state index contributed by atoms with van der Waals surface area (Å²) in [6.07, 6.45) is 3.01. The highest BCUT2D eigenvalue weighted by atomic mass is 16.5. The second-order valence-corrected chi connectivity index (χ2v) is 4.47. The lowest BCUT2D eigenvalue weighted by Gasteiger charge is -2.06. The van der Waals surface area contributed by atoms with Gasteiger partial charge in [0.15, 0.2) is 0 Å². The molecule has 1 N–H and O–H groups in total. The summed E-state index contributed by atoms with van der Waals surface area (Å²) in [4.78, 5) is 20.1. The quantitative estimate of drug-likeness (QED) is 0.800. The van der Waals surface area contributed by atoms with Crippen LogP contribution < -0.4 is 10.1 Å². The zero-order valence-corrected chi connectivity index (χ0v) is 11.4. The Bertz CT molecular complexity index is 785. The minimum Gasteiger partial charge on any atom is -0.467 e. The van der Waals surface area contributed by atoms with Crippen LogP contribution in [0.15, 0.2) is 54.9 Å². The van der Waals surface area contributed by atoms with E-state index < -0.39 is 0 Å². The van der Waals surface area contributed by atoms with E-state index in [2.05, 4.69) is 15.3 Å². The number of fused-ring (bicyclic) bond motifs is 1. The summed E-state index contributed by atoms with van der Waals surface area (Å²) in [6, 6.07) is 13.7. The van der Waals surface area contributed by atoms with E-state index in [9.17, 15) is 4.79 Å². The number of ether oxygens (including phenoxy) is 1. The van der Waals surface area contributed by atoms with Crippen LogP contribution in [-0.2, 0) is 0 Å². The van der Waals surface area contributed by atoms with Gasteiger partial charge in [-0.25, -0.2) is 9.97 Å². The number of benzene rings is 2. The van der Waals surface area contributed by atoms with Gasteiger partial charge in [-0.2, -0.15) is 0 Å². The first kappa shape index (κ1) is 13.1. The SMILES string of the molecule is COc1ncc(NC(=O)c2ccc3ccccc3c2)cn1. The molecule has 5 nitrogen and oxygen atoms in total. The molecule has 0 spiro atoms. The van der Waals surface area contributed by atoms with E-state index in [0.717, 1.165) is 10.8 Å². The molecular formula is C16H13N3O2. The van der Waals surface area contributed by atoms with Gasteiger partial charge in [0, 0.05) is 5.56 Å². The lowest BCUT2D eigenvalue weighted by molar-refractivity contribution is 0.102. The van der Waals surface area contributed by atoms with Gasteiger partial charge < -0.3 is 10.1 Å². The molecule has 104 valence electrons. The number of carbonyl (C=O) groups excluding carboxylic acids is 1. The van der Waals surface area contributed by atoms with Crippen LogP contribution in [0.2, 0.25) is 0 Å². The van der Waals surface area contributed by atoms with Crippen LogP contribution in [0.5, 0.6) is 6.01 Å². The molecule has 21 heavy (non-hydrogen) atoms. The Morgan fingerprint density at radius 1 is 1.05 bits per heavy atom. The van der Waals surface area contributed by atoms with Gasteiger partial charge in [-0.05, 0) is 22.9 Å². The fourth-order valence-corrected chi connectivity index (χ4v) is 2.02. The van der Waals surface area contributed by atoms with E-state index in [1.165, 1.54) is 19.5 Å². The average molecular weight is 279 g/mol. The van der Waals surface area contributed by atoms with Gasteiger partial charge in [0.25, 0.3) is 5.91 Å². The van der Waals surface area contributed by atoms with E-state index in [1.54, 1.807) is 6.07 Å². The van der Waals surface area contributed by atoms with Gasteiger partial charge in [-0.3, -0.25) is 4.79 Å². The van der Waals surface area contributed by atoms with Gasteiger partial charge in [0.05, 0.1) is 25.2 Å². The van der Waals surface area contributed by atoms with Crippen molar-refractivity contribution < 1.29 is 9.53 Å². The molecule has 0 saturated carbocycles. The molecule has 0 atom stereocenters. The molecule has 1 heterocycles. The number of nitrogens with zero attached hydrogens (tertiary/aromatic N) is 2. The highest BCUT2D eigenvalue weighted by Gasteiger charge is 2.07. The van der Waals surface area contributed by atoms with Crippen LogP contribution in [0.4, 0.5) is 5.69 Å². The van der Waals surface area contributed by atoms with Crippen molar-refractivity contribution in [2.75, 3.05) is 12.4 Å². The first-order valence-electron chi connectivity index (χ1n) is 6.42. The highest BCUT2D eigenvalue weighted by Crippen LogP contribution is 2.17. The summed E-state index contributed by atoms with van der Waals surface area (Å²) < 4.78 is 4.87. The maximum atomic E-state index is 12.2. The molecule has 5 heteroatoms. The molecular weight excluding hydrogens is 266 g/mol. The lowest BCUT2D eigenvalue weighted by atomic mass is 10.1. The number of carbonyl (C=O) groups is 1. The van der Waals surface area contributed by atoms with E-state index in [1.807, 2.05) is 36.4 Å². The van der Waals surface area contributed by atoms with Gasteiger partial charge in [-0.15, -0.1) is 0 Å². The normalized spacial score (nSPS) is 10.3. The van der Waals surface area contributed by atoms with Crippen LogP contribution in [0.1, 0.15) is 10.4 Å². The Morgan fingerprint density at radius 2 is 1.76 bits per heavy atom. The number of nitrogens with one attached hydrogen (secondary N) is 1. The molecule has 0 fully saturated rings. The Morgan fingerprint density at radius 3 is 2.48 bits per heavy atom. The average Bonchev–Trinajstić information content (AvgIpc) is 2.55. The fraction of sp³-hybridized carbons (Fsp3) is 0.0625. The first-order valence-corrected chi connectivity index (χ1v) is 6.42. The van der Waals surface area contributed by atoms with Crippen molar-refractivity contribution in [2.24, 2.45) is 0 Å². The highest BCUT2D eigenvalue weighted by molar-refractivity contribution is 6.06. The number of hydrogen-bond acceptors (Lipinski definition) is 4. The molecule has 0 aliphatic carbocycles. The molecule has 1 amide bonds.